The van der Waals surface area contributed by atoms with Gasteiger partial charge < -0.3 is 5.11 Å². The van der Waals surface area contributed by atoms with Gasteiger partial charge in [0.05, 0.1) is 12.5 Å². The van der Waals surface area contributed by atoms with Gasteiger partial charge in [0.2, 0.25) is 0 Å². The number of hydrogen-bond donors (Lipinski definition) is 1. The van der Waals surface area contributed by atoms with Crippen LogP contribution in [0.4, 0.5) is 0 Å². The highest BCUT2D eigenvalue weighted by molar-refractivity contribution is 5.88. The Morgan fingerprint density at radius 3 is 2.38 bits per heavy atom. The third-order valence-electron chi connectivity index (χ3n) is 3.85. The Hall–Kier alpha value is -2.00. The molecule has 0 aliphatic rings. The average molecular weight is 283 g/mol. The minimum absolute atomic E-state index is 0.0789. The molecule has 0 aliphatic heterocycles. The molecule has 1 N–H and O–H groups in total. The fraction of sp³-hybridized carbons (Fsp3) is 0.333. The van der Waals surface area contributed by atoms with Crippen molar-refractivity contribution in [3.05, 3.63) is 66.0 Å². The smallest absolute Gasteiger partial charge is 0.146 e. The first kappa shape index (κ1) is 15.4. The lowest BCUT2D eigenvalue weighted by Gasteiger charge is -2.20. The maximum Gasteiger partial charge on any atom is 0.146 e. The molecule has 2 unspecified atom stereocenters. The number of aromatic nitrogens is 1. The van der Waals surface area contributed by atoms with Crippen LogP contribution in [-0.2, 0) is 11.2 Å². The lowest BCUT2D eigenvalue weighted by atomic mass is 9.83. The van der Waals surface area contributed by atoms with Gasteiger partial charge in [0, 0.05) is 18.3 Å². The largest absolute Gasteiger partial charge is 0.395 e. The number of rotatable bonds is 7. The Morgan fingerprint density at radius 2 is 1.81 bits per heavy atom. The summed E-state index contributed by atoms with van der Waals surface area (Å²) in [7, 11) is 0. The number of carbonyl (C=O) groups is 1. The van der Waals surface area contributed by atoms with Crippen molar-refractivity contribution in [2.75, 3.05) is 6.61 Å². The second kappa shape index (κ2) is 7.70. The molecule has 1 heterocycles. The van der Waals surface area contributed by atoms with Crippen LogP contribution in [0.1, 0.15) is 30.4 Å². The van der Waals surface area contributed by atoms with E-state index in [0.717, 1.165) is 17.5 Å². The summed E-state index contributed by atoms with van der Waals surface area (Å²) in [4.78, 5) is 16.7. The van der Waals surface area contributed by atoms with Crippen LogP contribution in [0.2, 0.25) is 0 Å². The molecule has 3 nitrogen and oxygen atoms in total. The molecule has 0 radical (unpaired) electrons. The van der Waals surface area contributed by atoms with Crippen LogP contribution in [0.25, 0.3) is 0 Å². The zero-order valence-corrected chi connectivity index (χ0v) is 12.3. The van der Waals surface area contributed by atoms with Crippen molar-refractivity contribution in [2.24, 2.45) is 5.92 Å². The second-order valence-corrected chi connectivity index (χ2v) is 5.21. The van der Waals surface area contributed by atoms with E-state index in [1.807, 2.05) is 49.4 Å². The third-order valence-corrected chi connectivity index (χ3v) is 3.85. The van der Waals surface area contributed by atoms with E-state index in [1.165, 1.54) is 0 Å². The predicted molar refractivity (Wildman–Crippen MR) is 83.0 cm³/mol. The summed E-state index contributed by atoms with van der Waals surface area (Å²) in [6.07, 6.45) is 4.95. The van der Waals surface area contributed by atoms with Crippen molar-refractivity contribution in [2.45, 2.75) is 25.7 Å². The summed E-state index contributed by atoms with van der Waals surface area (Å²) in [5, 5.41) is 9.63. The Kier molecular flexibility index (Phi) is 5.64. The van der Waals surface area contributed by atoms with Crippen LogP contribution in [0.5, 0.6) is 0 Å². The van der Waals surface area contributed by atoms with Gasteiger partial charge in [-0.05, 0) is 36.1 Å². The minimum Gasteiger partial charge on any atom is -0.395 e. The van der Waals surface area contributed by atoms with Crippen LogP contribution in [-0.4, -0.2) is 22.5 Å². The second-order valence-electron chi connectivity index (χ2n) is 5.21. The fourth-order valence-corrected chi connectivity index (χ4v) is 2.58. The molecule has 2 aromatic rings. The van der Waals surface area contributed by atoms with Gasteiger partial charge in [-0.1, -0.05) is 37.3 Å². The van der Waals surface area contributed by atoms with Gasteiger partial charge in [-0.3, -0.25) is 9.78 Å². The summed E-state index contributed by atoms with van der Waals surface area (Å²) >= 11 is 0. The van der Waals surface area contributed by atoms with E-state index in [9.17, 15) is 9.90 Å². The molecule has 0 aliphatic carbocycles. The zero-order valence-electron chi connectivity index (χ0n) is 12.3. The lowest BCUT2D eigenvalue weighted by molar-refractivity contribution is -0.125. The Bertz CT molecular complexity index is 554. The van der Waals surface area contributed by atoms with Crippen molar-refractivity contribution in [3.8, 4) is 0 Å². The van der Waals surface area contributed by atoms with E-state index in [4.69, 9.17) is 0 Å². The van der Waals surface area contributed by atoms with Crippen LogP contribution in [0.3, 0.4) is 0 Å². The first-order valence-electron chi connectivity index (χ1n) is 7.34. The SMILES string of the molecule is CCC(Cc1ccncc1)C(=O)C(CO)c1ccccc1. The number of aliphatic hydroxyl groups is 1. The Balaban J connectivity index is 2.15. The molecule has 0 saturated carbocycles. The molecule has 110 valence electrons. The highest BCUT2D eigenvalue weighted by Gasteiger charge is 2.26. The van der Waals surface area contributed by atoms with Crippen molar-refractivity contribution in [1.82, 2.24) is 4.98 Å². The van der Waals surface area contributed by atoms with Gasteiger partial charge in [0.25, 0.3) is 0 Å². The van der Waals surface area contributed by atoms with Crippen LogP contribution in [0.15, 0.2) is 54.9 Å². The van der Waals surface area contributed by atoms with Crippen LogP contribution >= 0.6 is 0 Å². The maximum absolute atomic E-state index is 12.7. The van der Waals surface area contributed by atoms with E-state index in [0.29, 0.717) is 6.42 Å². The number of carbonyl (C=O) groups excluding carboxylic acids is 1. The first-order valence-corrected chi connectivity index (χ1v) is 7.34. The Morgan fingerprint density at radius 1 is 1.14 bits per heavy atom. The van der Waals surface area contributed by atoms with Crippen molar-refractivity contribution in [3.63, 3.8) is 0 Å². The number of nitrogens with zero attached hydrogens (tertiary/aromatic N) is 1. The van der Waals surface area contributed by atoms with E-state index in [1.54, 1.807) is 12.4 Å². The quantitative estimate of drug-likeness (QED) is 0.850. The summed E-state index contributed by atoms with van der Waals surface area (Å²) in [5.74, 6) is -0.397. The highest BCUT2D eigenvalue weighted by Crippen LogP contribution is 2.24. The van der Waals surface area contributed by atoms with Gasteiger partial charge in [-0.2, -0.15) is 0 Å². The number of hydrogen-bond acceptors (Lipinski definition) is 3. The standard InChI is InChI=1S/C18H21NO2/c1-2-15(12-14-8-10-19-11-9-14)18(21)17(13-20)16-6-4-3-5-7-16/h3-11,15,17,20H,2,12-13H2,1H3. The van der Waals surface area contributed by atoms with E-state index in [-0.39, 0.29) is 18.3 Å². The summed E-state index contributed by atoms with van der Waals surface area (Å²) in [6, 6.07) is 13.4. The molecule has 0 bridgehead atoms. The topological polar surface area (TPSA) is 50.2 Å². The monoisotopic (exact) mass is 283 g/mol. The van der Waals surface area contributed by atoms with Crippen LogP contribution < -0.4 is 0 Å². The number of ketones is 1. The van der Waals surface area contributed by atoms with Crippen LogP contribution in [0, 0.1) is 5.92 Å². The molecular weight excluding hydrogens is 262 g/mol. The number of Topliss-reactive ketones (excluding diaryl/α,β-unsaturated/α-hetero) is 1. The summed E-state index contributed by atoms with van der Waals surface area (Å²) in [6.45, 7) is 1.87. The fourth-order valence-electron chi connectivity index (χ4n) is 2.58. The summed E-state index contributed by atoms with van der Waals surface area (Å²) < 4.78 is 0. The lowest BCUT2D eigenvalue weighted by Crippen LogP contribution is -2.26. The zero-order chi connectivity index (χ0) is 15.1. The number of aliphatic hydroxyl groups excluding tert-OH is 1. The molecule has 0 saturated heterocycles. The summed E-state index contributed by atoms with van der Waals surface area (Å²) in [5.41, 5.74) is 1.99. The molecule has 0 spiro atoms. The van der Waals surface area contributed by atoms with E-state index in [2.05, 4.69) is 4.98 Å². The van der Waals surface area contributed by atoms with Gasteiger partial charge in [0.1, 0.15) is 5.78 Å². The number of pyridine rings is 1. The molecule has 21 heavy (non-hydrogen) atoms. The highest BCUT2D eigenvalue weighted by atomic mass is 16.3. The van der Waals surface area contributed by atoms with Crippen molar-refractivity contribution >= 4 is 5.78 Å². The molecular formula is C18H21NO2. The molecule has 1 aromatic carbocycles. The van der Waals surface area contributed by atoms with Gasteiger partial charge in [-0.25, -0.2) is 0 Å². The molecule has 3 heteroatoms. The van der Waals surface area contributed by atoms with Crippen molar-refractivity contribution in [1.29, 1.82) is 0 Å². The Labute approximate surface area is 125 Å². The van der Waals surface area contributed by atoms with E-state index < -0.39 is 5.92 Å². The predicted octanol–water partition coefficient (Wildman–Crippen LogP) is 3.00. The number of benzene rings is 1. The molecule has 0 amide bonds. The van der Waals surface area contributed by atoms with Crippen molar-refractivity contribution < 1.29 is 9.90 Å². The van der Waals surface area contributed by atoms with E-state index >= 15 is 0 Å². The first-order chi connectivity index (χ1) is 10.3. The third kappa shape index (κ3) is 3.99. The van der Waals surface area contributed by atoms with Gasteiger partial charge >= 0.3 is 0 Å². The van der Waals surface area contributed by atoms with Gasteiger partial charge in [0.15, 0.2) is 0 Å². The average Bonchev–Trinajstić information content (AvgIpc) is 2.55. The normalized spacial score (nSPS) is 13.6. The minimum atomic E-state index is -0.432. The molecule has 1 aromatic heterocycles. The molecule has 0 fully saturated rings. The molecule has 2 rings (SSSR count). The van der Waals surface area contributed by atoms with Gasteiger partial charge in [-0.15, -0.1) is 0 Å². The maximum atomic E-state index is 12.7. The molecule has 2 atom stereocenters.